The second kappa shape index (κ2) is 2.91. The topological polar surface area (TPSA) is 23.5 Å². The van der Waals surface area contributed by atoms with Crippen LogP contribution in [0.5, 0.6) is 5.75 Å². The van der Waals surface area contributed by atoms with E-state index in [2.05, 4.69) is 11.0 Å². The van der Waals surface area contributed by atoms with Crippen LogP contribution in [-0.2, 0) is 6.42 Å². The Morgan fingerprint density at radius 2 is 2.14 bits per heavy atom. The van der Waals surface area contributed by atoms with Gasteiger partial charge in [0.05, 0.1) is 0 Å². The molecule has 3 rings (SSSR count). The number of aromatic hydroxyl groups is 1. The number of hydrogen-bond donors (Lipinski definition) is 1. The number of phenols is 1. The van der Waals surface area contributed by atoms with E-state index in [1.165, 1.54) is 30.5 Å². The van der Waals surface area contributed by atoms with Gasteiger partial charge in [-0.25, -0.2) is 0 Å². The summed E-state index contributed by atoms with van der Waals surface area (Å²) in [6, 6.07) is 6.56. The van der Waals surface area contributed by atoms with Gasteiger partial charge in [-0.3, -0.25) is 0 Å². The van der Waals surface area contributed by atoms with Crippen molar-refractivity contribution in [2.24, 2.45) is 0 Å². The summed E-state index contributed by atoms with van der Waals surface area (Å²) in [7, 11) is 0. The first-order valence-electron chi connectivity index (χ1n) is 5.43. The molecule has 2 heteroatoms. The Balaban J connectivity index is 1.93. The molecule has 0 radical (unpaired) electrons. The molecule has 0 amide bonds. The number of anilines is 1. The van der Waals surface area contributed by atoms with Crippen LogP contribution in [0.3, 0.4) is 0 Å². The van der Waals surface area contributed by atoms with Crippen LogP contribution in [0, 0.1) is 0 Å². The lowest BCUT2D eigenvalue weighted by Crippen LogP contribution is -2.38. The molecule has 0 spiro atoms. The van der Waals surface area contributed by atoms with Crippen LogP contribution in [0.25, 0.3) is 0 Å². The number of hydrogen-bond acceptors (Lipinski definition) is 2. The molecule has 2 aliphatic rings. The van der Waals surface area contributed by atoms with Crippen molar-refractivity contribution in [3.05, 3.63) is 23.8 Å². The molecule has 1 saturated carbocycles. The molecule has 0 unspecified atom stereocenters. The van der Waals surface area contributed by atoms with Crippen molar-refractivity contribution in [1.82, 2.24) is 0 Å². The highest BCUT2D eigenvalue weighted by molar-refractivity contribution is 5.60. The first-order valence-corrected chi connectivity index (χ1v) is 5.43. The standard InChI is InChI=1S/C12H15NO/c14-11-4-5-12-9(8-11)6-7-13(12)10-2-1-3-10/h4-5,8,10,14H,1-3,6-7H2. The summed E-state index contributed by atoms with van der Waals surface area (Å²) in [5.41, 5.74) is 2.67. The van der Waals surface area contributed by atoms with Gasteiger partial charge in [0.25, 0.3) is 0 Å². The number of fused-ring (bicyclic) bond motifs is 1. The van der Waals surface area contributed by atoms with Crippen molar-refractivity contribution in [2.75, 3.05) is 11.4 Å². The zero-order valence-corrected chi connectivity index (χ0v) is 8.24. The predicted molar refractivity (Wildman–Crippen MR) is 56.8 cm³/mol. The lowest BCUT2D eigenvalue weighted by molar-refractivity contribution is 0.392. The molecule has 1 N–H and O–H groups in total. The molecule has 1 fully saturated rings. The first kappa shape index (κ1) is 8.16. The maximum atomic E-state index is 9.37. The van der Waals surface area contributed by atoms with Gasteiger partial charge in [-0.15, -0.1) is 0 Å². The molecule has 1 aliphatic heterocycles. The third-order valence-electron chi connectivity index (χ3n) is 3.51. The van der Waals surface area contributed by atoms with E-state index in [1.807, 2.05) is 6.07 Å². The van der Waals surface area contributed by atoms with Gasteiger partial charge in [0.15, 0.2) is 0 Å². The molecule has 0 saturated heterocycles. The average Bonchev–Trinajstić information content (AvgIpc) is 2.45. The number of rotatable bonds is 1. The summed E-state index contributed by atoms with van der Waals surface area (Å²) in [6.07, 6.45) is 5.18. The molecule has 0 bridgehead atoms. The third-order valence-corrected chi connectivity index (χ3v) is 3.51. The quantitative estimate of drug-likeness (QED) is 0.732. The van der Waals surface area contributed by atoms with Crippen LogP contribution in [0.1, 0.15) is 24.8 Å². The van der Waals surface area contributed by atoms with Gasteiger partial charge < -0.3 is 10.0 Å². The molecule has 2 nitrogen and oxygen atoms in total. The maximum absolute atomic E-state index is 9.37. The summed E-state index contributed by atoms with van der Waals surface area (Å²) in [5, 5.41) is 9.37. The van der Waals surface area contributed by atoms with E-state index in [0.29, 0.717) is 5.75 Å². The highest BCUT2D eigenvalue weighted by Crippen LogP contribution is 2.37. The Kier molecular flexibility index (Phi) is 1.69. The molecular formula is C12H15NO. The van der Waals surface area contributed by atoms with Crippen molar-refractivity contribution >= 4 is 5.69 Å². The number of phenolic OH excluding ortho intramolecular Hbond substituents is 1. The fourth-order valence-corrected chi connectivity index (χ4v) is 2.49. The van der Waals surface area contributed by atoms with Crippen molar-refractivity contribution < 1.29 is 5.11 Å². The number of benzene rings is 1. The summed E-state index contributed by atoms with van der Waals surface area (Å²) in [4.78, 5) is 2.51. The molecule has 0 aromatic heterocycles. The van der Waals surface area contributed by atoms with Crippen LogP contribution >= 0.6 is 0 Å². The summed E-state index contributed by atoms with van der Waals surface area (Å²) in [5.74, 6) is 0.402. The lowest BCUT2D eigenvalue weighted by atomic mass is 9.91. The molecule has 1 heterocycles. The van der Waals surface area contributed by atoms with E-state index in [0.717, 1.165) is 19.0 Å². The van der Waals surface area contributed by atoms with Crippen LogP contribution < -0.4 is 4.90 Å². The van der Waals surface area contributed by atoms with E-state index in [-0.39, 0.29) is 0 Å². The van der Waals surface area contributed by atoms with Crippen molar-refractivity contribution in [3.8, 4) is 5.75 Å². The largest absolute Gasteiger partial charge is 0.508 e. The zero-order chi connectivity index (χ0) is 9.54. The van der Waals surface area contributed by atoms with E-state index in [9.17, 15) is 5.11 Å². The van der Waals surface area contributed by atoms with Crippen LogP contribution in [0.4, 0.5) is 5.69 Å². The van der Waals surface area contributed by atoms with E-state index in [1.54, 1.807) is 6.07 Å². The van der Waals surface area contributed by atoms with Gasteiger partial charge in [0, 0.05) is 18.3 Å². The molecule has 0 atom stereocenters. The Morgan fingerprint density at radius 3 is 2.86 bits per heavy atom. The highest BCUT2D eigenvalue weighted by atomic mass is 16.3. The summed E-state index contributed by atoms with van der Waals surface area (Å²) >= 11 is 0. The van der Waals surface area contributed by atoms with Crippen molar-refractivity contribution in [3.63, 3.8) is 0 Å². The number of nitrogens with zero attached hydrogens (tertiary/aromatic N) is 1. The Hall–Kier alpha value is -1.18. The third kappa shape index (κ3) is 1.10. The molecule has 1 aliphatic carbocycles. The minimum Gasteiger partial charge on any atom is -0.508 e. The van der Waals surface area contributed by atoms with Gasteiger partial charge in [-0.1, -0.05) is 0 Å². The van der Waals surface area contributed by atoms with Crippen molar-refractivity contribution in [1.29, 1.82) is 0 Å². The van der Waals surface area contributed by atoms with Gasteiger partial charge in [-0.2, -0.15) is 0 Å². The van der Waals surface area contributed by atoms with E-state index in [4.69, 9.17) is 0 Å². The second-order valence-electron chi connectivity index (χ2n) is 4.34. The minimum atomic E-state index is 0.402. The molecule has 74 valence electrons. The second-order valence-corrected chi connectivity index (χ2v) is 4.34. The van der Waals surface area contributed by atoms with Gasteiger partial charge in [-0.05, 0) is 49.4 Å². The van der Waals surface area contributed by atoms with Gasteiger partial charge >= 0.3 is 0 Å². The fraction of sp³-hybridized carbons (Fsp3) is 0.500. The predicted octanol–water partition coefficient (Wildman–Crippen LogP) is 2.31. The van der Waals surface area contributed by atoms with Crippen LogP contribution in [-0.4, -0.2) is 17.7 Å². The summed E-state index contributed by atoms with van der Waals surface area (Å²) < 4.78 is 0. The summed E-state index contributed by atoms with van der Waals surface area (Å²) in [6.45, 7) is 1.14. The SMILES string of the molecule is Oc1ccc2c(c1)CCN2C1CCC1. The van der Waals surface area contributed by atoms with Crippen molar-refractivity contribution in [2.45, 2.75) is 31.7 Å². The van der Waals surface area contributed by atoms with Crippen LogP contribution in [0.2, 0.25) is 0 Å². The molecule has 1 aromatic rings. The average molecular weight is 189 g/mol. The molecule has 14 heavy (non-hydrogen) atoms. The Morgan fingerprint density at radius 1 is 1.29 bits per heavy atom. The van der Waals surface area contributed by atoms with Crippen LogP contribution in [0.15, 0.2) is 18.2 Å². The molecule has 1 aromatic carbocycles. The zero-order valence-electron chi connectivity index (χ0n) is 8.24. The maximum Gasteiger partial charge on any atom is 0.116 e. The smallest absolute Gasteiger partial charge is 0.116 e. The Bertz CT molecular complexity index is 357. The van der Waals surface area contributed by atoms with E-state index < -0.39 is 0 Å². The highest BCUT2D eigenvalue weighted by Gasteiger charge is 2.29. The minimum absolute atomic E-state index is 0.402. The Labute approximate surface area is 84.2 Å². The fourth-order valence-electron chi connectivity index (χ4n) is 2.49. The van der Waals surface area contributed by atoms with E-state index >= 15 is 0 Å². The van der Waals surface area contributed by atoms with Gasteiger partial charge in [0.2, 0.25) is 0 Å². The lowest BCUT2D eigenvalue weighted by Gasteiger charge is -2.36. The molecular weight excluding hydrogens is 174 g/mol. The van der Waals surface area contributed by atoms with Gasteiger partial charge in [0.1, 0.15) is 5.75 Å². The first-order chi connectivity index (χ1) is 6.84. The monoisotopic (exact) mass is 189 g/mol. The normalized spacial score (nSPS) is 20.7.